The summed E-state index contributed by atoms with van der Waals surface area (Å²) in [5.41, 5.74) is 1.93. The van der Waals surface area contributed by atoms with E-state index in [1.165, 1.54) is 0 Å². The second-order valence-corrected chi connectivity index (χ2v) is 3.79. The minimum Gasteiger partial charge on any atom is -0.481 e. The first-order valence-corrected chi connectivity index (χ1v) is 5.08. The Morgan fingerprint density at radius 3 is 3.27 bits per heavy atom. The molecule has 2 N–H and O–H groups in total. The minimum atomic E-state index is -0.766. The highest BCUT2D eigenvalue weighted by Gasteiger charge is 2.26. The fourth-order valence-electron chi connectivity index (χ4n) is 2.03. The van der Waals surface area contributed by atoms with Gasteiger partial charge in [0.15, 0.2) is 0 Å². The van der Waals surface area contributed by atoms with Gasteiger partial charge in [-0.15, -0.1) is 0 Å². The number of hydrogen-bond donors (Lipinski definition) is 2. The molecule has 2 rings (SSSR count). The molecule has 0 aromatic carbocycles. The lowest BCUT2D eigenvalue weighted by Gasteiger charge is -2.22. The summed E-state index contributed by atoms with van der Waals surface area (Å²) in [6, 6.07) is 0.0797. The molecule has 0 saturated heterocycles. The van der Waals surface area contributed by atoms with Gasteiger partial charge in [-0.05, 0) is 13.3 Å². The predicted octanol–water partition coefficient (Wildman–Crippen LogP) is 1.03. The first-order chi connectivity index (χ1) is 7.18. The number of nitrogens with zero attached hydrogens (tertiary/aromatic N) is 1. The van der Waals surface area contributed by atoms with Gasteiger partial charge >= 0.3 is 5.97 Å². The third-order valence-corrected chi connectivity index (χ3v) is 2.72. The largest absolute Gasteiger partial charge is 0.481 e. The van der Waals surface area contributed by atoms with Gasteiger partial charge in [0.05, 0.1) is 5.69 Å². The van der Waals surface area contributed by atoms with Crippen LogP contribution in [0.5, 0.6) is 0 Å². The smallest absolute Gasteiger partial charge is 0.303 e. The number of fused-ring (bicyclic) bond motifs is 1. The predicted molar refractivity (Wildman–Crippen MR) is 52.6 cm³/mol. The highest BCUT2D eigenvalue weighted by Crippen LogP contribution is 2.28. The molecule has 0 amide bonds. The number of aromatic nitrogens is 1. The molecule has 0 aliphatic carbocycles. The molecule has 1 aliphatic heterocycles. The van der Waals surface area contributed by atoms with Crippen molar-refractivity contribution in [1.29, 1.82) is 0 Å². The summed E-state index contributed by atoms with van der Waals surface area (Å²) in [6.07, 6.45) is 1.59. The van der Waals surface area contributed by atoms with Gasteiger partial charge in [-0.25, -0.2) is 0 Å². The van der Waals surface area contributed by atoms with Crippen LogP contribution in [0.3, 0.4) is 0 Å². The second kappa shape index (κ2) is 4.02. The number of carboxylic acids is 1. The Balaban J connectivity index is 2.14. The summed E-state index contributed by atoms with van der Waals surface area (Å²) in [7, 11) is 0. The van der Waals surface area contributed by atoms with Gasteiger partial charge in [-0.2, -0.15) is 0 Å². The summed E-state index contributed by atoms with van der Waals surface area (Å²) in [6.45, 7) is 2.72. The summed E-state index contributed by atoms with van der Waals surface area (Å²) in [4.78, 5) is 10.5. The molecule has 0 fully saturated rings. The number of nitrogens with one attached hydrogen (secondary N) is 1. The molecule has 1 atom stereocenters. The third kappa shape index (κ3) is 2.02. The summed E-state index contributed by atoms with van der Waals surface area (Å²) in [5, 5.41) is 15.9. The van der Waals surface area contributed by atoms with E-state index in [4.69, 9.17) is 9.63 Å². The molecule has 1 unspecified atom stereocenters. The van der Waals surface area contributed by atoms with Gasteiger partial charge in [0.1, 0.15) is 5.76 Å². The molecule has 15 heavy (non-hydrogen) atoms. The van der Waals surface area contributed by atoms with E-state index in [9.17, 15) is 4.79 Å². The van der Waals surface area contributed by atoms with Crippen LogP contribution in [-0.4, -0.2) is 22.8 Å². The monoisotopic (exact) mass is 210 g/mol. The minimum absolute atomic E-state index is 0.0797. The van der Waals surface area contributed by atoms with Gasteiger partial charge < -0.3 is 14.9 Å². The summed E-state index contributed by atoms with van der Waals surface area (Å²) >= 11 is 0. The van der Waals surface area contributed by atoms with Crippen LogP contribution in [0.1, 0.15) is 35.9 Å². The van der Waals surface area contributed by atoms with Crippen LogP contribution in [0, 0.1) is 6.92 Å². The van der Waals surface area contributed by atoms with Crippen LogP contribution < -0.4 is 5.32 Å². The Morgan fingerprint density at radius 1 is 1.73 bits per heavy atom. The molecule has 82 valence electrons. The van der Waals surface area contributed by atoms with Crippen molar-refractivity contribution in [3.05, 3.63) is 17.0 Å². The lowest BCUT2D eigenvalue weighted by Crippen LogP contribution is -2.29. The zero-order valence-electron chi connectivity index (χ0n) is 8.62. The van der Waals surface area contributed by atoms with Gasteiger partial charge in [-0.1, -0.05) is 5.16 Å². The van der Waals surface area contributed by atoms with Crippen LogP contribution in [0.2, 0.25) is 0 Å². The Bertz CT molecular complexity index is 373. The Labute approximate surface area is 87.5 Å². The van der Waals surface area contributed by atoms with Gasteiger partial charge in [0, 0.05) is 31.0 Å². The molecule has 5 nitrogen and oxygen atoms in total. The maximum absolute atomic E-state index is 10.5. The van der Waals surface area contributed by atoms with Crippen molar-refractivity contribution >= 4 is 5.97 Å². The zero-order chi connectivity index (χ0) is 10.8. The van der Waals surface area contributed by atoms with Gasteiger partial charge in [0.2, 0.25) is 0 Å². The average molecular weight is 210 g/mol. The van der Waals surface area contributed by atoms with Crippen molar-refractivity contribution in [3.63, 3.8) is 0 Å². The standard InChI is InChI=1S/C10H14N2O3/c1-6-10-7(2-3-9(13)14)11-5-4-8(10)15-12-6/h7,11H,2-5H2,1H3,(H,13,14). The average Bonchev–Trinajstić information content (AvgIpc) is 2.58. The van der Waals surface area contributed by atoms with Crippen molar-refractivity contribution in [2.24, 2.45) is 0 Å². The maximum atomic E-state index is 10.5. The number of carboxylic acid groups (broad SMARTS) is 1. The third-order valence-electron chi connectivity index (χ3n) is 2.72. The Kier molecular flexibility index (Phi) is 2.73. The van der Waals surface area contributed by atoms with Crippen LogP contribution in [0.25, 0.3) is 0 Å². The maximum Gasteiger partial charge on any atom is 0.303 e. The van der Waals surface area contributed by atoms with E-state index in [1.807, 2.05) is 6.92 Å². The molecule has 0 bridgehead atoms. The molecule has 0 saturated carbocycles. The second-order valence-electron chi connectivity index (χ2n) is 3.79. The van der Waals surface area contributed by atoms with Crippen molar-refractivity contribution in [3.8, 4) is 0 Å². The van der Waals surface area contributed by atoms with Crippen LogP contribution in [0.15, 0.2) is 4.52 Å². The van der Waals surface area contributed by atoms with E-state index < -0.39 is 5.97 Å². The number of carbonyl (C=O) groups is 1. The van der Waals surface area contributed by atoms with E-state index in [2.05, 4.69) is 10.5 Å². The normalized spacial score (nSPS) is 19.9. The van der Waals surface area contributed by atoms with Crippen molar-refractivity contribution < 1.29 is 14.4 Å². The van der Waals surface area contributed by atoms with Crippen LogP contribution in [-0.2, 0) is 11.2 Å². The van der Waals surface area contributed by atoms with Crippen molar-refractivity contribution in [2.75, 3.05) is 6.54 Å². The van der Waals surface area contributed by atoms with E-state index in [0.717, 1.165) is 30.0 Å². The van der Waals surface area contributed by atoms with Crippen molar-refractivity contribution in [2.45, 2.75) is 32.2 Å². The molecule has 1 aliphatic rings. The van der Waals surface area contributed by atoms with E-state index in [-0.39, 0.29) is 12.5 Å². The lowest BCUT2D eigenvalue weighted by molar-refractivity contribution is -0.137. The quantitative estimate of drug-likeness (QED) is 0.779. The van der Waals surface area contributed by atoms with E-state index in [1.54, 1.807) is 0 Å². The number of aryl methyl sites for hydroxylation is 1. The summed E-state index contributed by atoms with van der Waals surface area (Å²) in [5.74, 6) is 0.139. The molecule has 0 radical (unpaired) electrons. The molecular weight excluding hydrogens is 196 g/mol. The lowest BCUT2D eigenvalue weighted by atomic mass is 9.96. The van der Waals surface area contributed by atoms with E-state index in [0.29, 0.717) is 6.42 Å². The highest BCUT2D eigenvalue weighted by molar-refractivity contribution is 5.66. The molecule has 0 spiro atoms. The highest BCUT2D eigenvalue weighted by atomic mass is 16.5. The number of hydrogen-bond acceptors (Lipinski definition) is 4. The zero-order valence-corrected chi connectivity index (χ0v) is 8.62. The fraction of sp³-hybridized carbons (Fsp3) is 0.600. The topological polar surface area (TPSA) is 75.4 Å². The summed E-state index contributed by atoms with van der Waals surface area (Å²) < 4.78 is 5.19. The molecule has 2 heterocycles. The SMILES string of the molecule is Cc1noc2c1C(CCC(=O)O)NCC2. The first-order valence-electron chi connectivity index (χ1n) is 5.08. The molecule has 1 aromatic rings. The van der Waals surface area contributed by atoms with Crippen LogP contribution in [0.4, 0.5) is 0 Å². The Hall–Kier alpha value is -1.36. The van der Waals surface area contributed by atoms with Gasteiger partial charge in [0.25, 0.3) is 0 Å². The molecule has 5 heteroatoms. The van der Waals surface area contributed by atoms with Gasteiger partial charge in [-0.3, -0.25) is 4.79 Å². The number of aliphatic carboxylic acids is 1. The Morgan fingerprint density at radius 2 is 2.53 bits per heavy atom. The molecule has 1 aromatic heterocycles. The van der Waals surface area contributed by atoms with Crippen molar-refractivity contribution in [1.82, 2.24) is 10.5 Å². The fourth-order valence-corrected chi connectivity index (χ4v) is 2.03. The van der Waals surface area contributed by atoms with Crippen LogP contribution >= 0.6 is 0 Å². The number of rotatable bonds is 3. The first kappa shape index (κ1) is 10.2. The molecular formula is C10H14N2O3. The van der Waals surface area contributed by atoms with E-state index >= 15 is 0 Å².